The molecule has 15 heavy (non-hydrogen) atoms. The van der Waals surface area contributed by atoms with E-state index in [1.165, 1.54) is 0 Å². The molecule has 0 spiro atoms. The quantitative estimate of drug-likeness (QED) is 0.851. The number of halogens is 3. The first-order valence-corrected chi connectivity index (χ1v) is 5.84. The van der Waals surface area contributed by atoms with Crippen molar-refractivity contribution in [3.05, 3.63) is 16.2 Å². The molecule has 0 fully saturated rings. The normalized spacial score (nSPS) is 12.1. The highest BCUT2D eigenvalue weighted by Crippen LogP contribution is 2.34. The molecule has 0 aliphatic heterocycles. The van der Waals surface area contributed by atoms with Gasteiger partial charge in [0.05, 0.1) is 21.9 Å². The predicted molar refractivity (Wildman–Crippen MR) is 52.7 cm³/mol. The van der Waals surface area contributed by atoms with Crippen LogP contribution in [0.4, 0.5) is 14.5 Å². The number of nitrogens with zero attached hydrogens (tertiary/aromatic N) is 1. The molecule has 5 nitrogen and oxygen atoms in total. The predicted octanol–water partition coefficient (Wildman–Crippen LogP) is 1.01. The highest BCUT2D eigenvalue weighted by molar-refractivity contribution is 9.10. The van der Waals surface area contributed by atoms with Gasteiger partial charge >= 0.3 is 0 Å². The van der Waals surface area contributed by atoms with Gasteiger partial charge in [-0.1, -0.05) is 0 Å². The highest BCUT2D eigenvalue weighted by Gasteiger charge is 2.24. The van der Waals surface area contributed by atoms with Crippen molar-refractivity contribution in [1.29, 1.82) is 0 Å². The number of primary sulfonamides is 1. The SMILES string of the molecule is Nc1cnc(S(N)(=O)=O)c(Br)c1C(F)F. The average Bonchev–Trinajstić information content (AvgIpc) is 2.00. The summed E-state index contributed by atoms with van der Waals surface area (Å²) in [6, 6.07) is 0. The standard InChI is InChI=1S/C6H6BrF2N3O2S/c7-4-3(5(8)9)2(10)1-12-6(4)15(11,13)14/h1,5H,10H2,(H2,11,13,14). The highest BCUT2D eigenvalue weighted by atomic mass is 79.9. The van der Waals surface area contributed by atoms with Crippen molar-refractivity contribution in [1.82, 2.24) is 4.98 Å². The van der Waals surface area contributed by atoms with Crippen LogP contribution in [0.15, 0.2) is 15.7 Å². The zero-order valence-electron chi connectivity index (χ0n) is 7.12. The van der Waals surface area contributed by atoms with E-state index in [2.05, 4.69) is 20.9 Å². The van der Waals surface area contributed by atoms with Crippen molar-refractivity contribution in [2.75, 3.05) is 5.73 Å². The minimum absolute atomic E-state index is 0.302. The van der Waals surface area contributed by atoms with Crippen LogP contribution < -0.4 is 10.9 Å². The second-order valence-electron chi connectivity index (χ2n) is 2.59. The Morgan fingerprint density at radius 2 is 2.00 bits per heavy atom. The Labute approximate surface area is 92.7 Å². The number of aromatic nitrogens is 1. The summed E-state index contributed by atoms with van der Waals surface area (Å²) in [5.74, 6) is 0. The second-order valence-corrected chi connectivity index (χ2v) is 4.86. The third kappa shape index (κ3) is 2.41. The molecular formula is C6H6BrF2N3O2S. The van der Waals surface area contributed by atoms with E-state index in [9.17, 15) is 17.2 Å². The molecule has 1 heterocycles. The molecule has 0 aliphatic rings. The Hall–Kier alpha value is -0.800. The zero-order valence-corrected chi connectivity index (χ0v) is 9.52. The number of pyridine rings is 1. The smallest absolute Gasteiger partial charge is 0.267 e. The van der Waals surface area contributed by atoms with Crippen molar-refractivity contribution < 1.29 is 17.2 Å². The molecule has 0 saturated carbocycles. The molecule has 0 atom stereocenters. The monoisotopic (exact) mass is 301 g/mol. The third-order valence-corrected chi connectivity index (χ3v) is 3.46. The van der Waals surface area contributed by atoms with Gasteiger partial charge in [0.25, 0.3) is 16.4 Å². The Balaban J connectivity index is 3.56. The summed E-state index contributed by atoms with van der Waals surface area (Å²) in [6.45, 7) is 0. The van der Waals surface area contributed by atoms with E-state index in [1.807, 2.05) is 0 Å². The van der Waals surface area contributed by atoms with Crippen LogP contribution in [0.2, 0.25) is 0 Å². The van der Waals surface area contributed by atoms with Crippen LogP contribution in [0.1, 0.15) is 12.0 Å². The second kappa shape index (κ2) is 3.99. The molecule has 0 saturated heterocycles. The van der Waals surface area contributed by atoms with Crippen LogP contribution in [0.3, 0.4) is 0 Å². The van der Waals surface area contributed by atoms with Gasteiger partial charge in [0.1, 0.15) is 0 Å². The van der Waals surface area contributed by atoms with Gasteiger partial charge < -0.3 is 5.73 Å². The molecule has 4 N–H and O–H groups in total. The Morgan fingerprint density at radius 3 is 2.40 bits per heavy atom. The summed E-state index contributed by atoms with van der Waals surface area (Å²) in [4.78, 5) is 3.37. The maximum Gasteiger partial charge on any atom is 0.267 e. The van der Waals surface area contributed by atoms with Gasteiger partial charge in [0.15, 0.2) is 5.03 Å². The number of alkyl halides is 2. The molecule has 1 rings (SSSR count). The van der Waals surface area contributed by atoms with Crippen LogP contribution in [-0.2, 0) is 10.0 Å². The molecule has 0 aromatic carbocycles. The molecule has 0 bridgehead atoms. The van der Waals surface area contributed by atoms with Gasteiger partial charge in [-0.3, -0.25) is 0 Å². The van der Waals surface area contributed by atoms with Gasteiger partial charge in [-0.2, -0.15) is 0 Å². The average molecular weight is 302 g/mol. The number of sulfonamides is 1. The van der Waals surface area contributed by atoms with E-state index < -0.39 is 31.5 Å². The van der Waals surface area contributed by atoms with Crippen LogP contribution in [0.25, 0.3) is 0 Å². The molecule has 0 unspecified atom stereocenters. The number of rotatable bonds is 2. The topological polar surface area (TPSA) is 99.1 Å². The lowest BCUT2D eigenvalue weighted by Gasteiger charge is -2.09. The van der Waals surface area contributed by atoms with E-state index in [-0.39, 0.29) is 5.69 Å². The molecule has 84 valence electrons. The van der Waals surface area contributed by atoms with Gasteiger partial charge in [-0.15, -0.1) is 0 Å². The van der Waals surface area contributed by atoms with Crippen molar-refractivity contribution >= 4 is 31.6 Å². The Morgan fingerprint density at radius 1 is 1.47 bits per heavy atom. The van der Waals surface area contributed by atoms with Gasteiger partial charge in [0.2, 0.25) is 0 Å². The lowest BCUT2D eigenvalue weighted by Crippen LogP contribution is -2.16. The van der Waals surface area contributed by atoms with E-state index in [1.54, 1.807) is 0 Å². The summed E-state index contributed by atoms with van der Waals surface area (Å²) in [7, 11) is -4.15. The van der Waals surface area contributed by atoms with Crippen LogP contribution in [0, 0.1) is 0 Å². The minimum atomic E-state index is -4.15. The van der Waals surface area contributed by atoms with E-state index in [4.69, 9.17) is 10.9 Å². The van der Waals surface area contributed by atoms with Gasteiger partial charge in [-0.05, 0) is 15.9 Å². The lowest BCUT2D eigenvalue weighted by molar-refractivity contribution is 0.151. The first kappa shape index (κ1) is 12.3. The maximum absolute atomic E-state index is 12.5. The summed E-state index contributed by atoms with van der Waals surface area (Å²) in [5, 5.41) is 4.11. The molecule has 1 aromatic heterocycles. The third-order valence-electron chi connectivity index (χ3n) is 1.54. The fraction of sp³-hybridized carbons (Fsp3) is 0.167. The molecular weight excluding hydrogens is 296 g/mol. The van der Waals surface area contributed by atoms with E-state index >= 15 is 0 Å². The molecule has 0 radical (unpaired) electrons. The van der Waals surface area contributed by atoms with Crippen molar-refractivity contribution in [2.24, 2.45) is 5.14 Å². The largest absolute Gasteiger partial charge is 0.397 e. The van der Waals surface area contributed by atoms with Crippen LogP contribution in [-0.4, -0.2) is 13.4 Å². The summed E-state index contributed by atoms with van der Waals surface area (Å²) in [5.41, 5.74) is 4.29. The van der Waals surface area contributed by atoms with Gasteiger partial charge in [-0.25, -0.2) is 27.3 Å². The van der Waals surface area contributed by atoms with Crippen molar-refractivity contribution in [2.45, 2.75) is 11.5 Å². The Kier molecular flexibility index (Phi) is 3.26. The zero-order chi connectivity index (χ0) is 11.8. The fourth-order valence-corrected chi connectivity index (χ4v) is 2.66. The van der Waals surface area contributed by atoms with Crippen molar-refractivity contribution in [3.8, 4) is 0 Å². The molecule has 1 aromatic rings. The van der Waals surface area contributed by atoms with E-state index in [0.29, 0.717) is 0 Å². The van der Waals surface area contributed by atoms with Crippen LogP contribution in [0.5, 0.6) is 0 Å². The number of nitrogens with two attached hydrogens (primary N) is 2. The van der Waals surface area contributed by atoms with Crippen LogP contribution >= 0.6 is 15.9 Å². The summed E-state index contributed by atoms with van der Waals surface area (Å²) >= 11 is 2.69. The molecule has 9 heteroatoms. The number of nitrogen functional groups attached to an aromatic ring is 1. The lowest BCUT2D eigenvalue weighted by atomic mass is 10.2. The number of hydrogen-bond acceptors (Lipinski definition) is 4. The minimum Gasteiger partial charge on any atom is -0.397 e. The summed E-state index contributed by atoms with van der Waals surface area (Å²) in [6.07, 6.45) is -2.09. The summed E-state index contributed by atoms with van der Waals surface area (Å²) < 4.78 is 46.4. The van der Waals surface area contributed by atoms with E-state index in [0.717, 1.165) is 6.20 Å². The number of hydrogen-bond donors (Lipinski definition) is 2. The molecule has 0 aliphatic carbocycles. The first-order chi connectivity index (χ1) is 6.75. The van der Waals surface area contributed by atoms with Crippen molar-refractivity contribution in [3.63, 3.8) is 0 Å². The maximum atomic E-state index is 12.5. The first-order valence-electron chi connectivity index (χ1n) is 3.50. The van der Waals surface area contributed by atoms with Gasteiger partial charge in [0, 0.05) is 0 Å². The Bertz CT molecular complexity index is 491. The number of anilines is 1. The fourth-order valence-electron chi connectivity index (χ4n) is 0.916. The molecule has 0 amide bonds.